The van der Waals surface area contributed by atoms with Crippen LogP contribution in [0.25, 0.3) is 0 Å². The summed E-state index contributed by atoms with van der Waals surface area (Å²) in [5.41, 5.74) is 1.39. The lowest BCUT2D eigenvalue weighted by Gasteiger charge is -2.35. The number of nitrogens with one attached hydrogen (secondary N) is 1. The fourth-order valence-electron chi connectivity index (χ4n) is 2.50. The normalized spacial score (nSPS) is 25.8. The topological polar surface area (TPSA) is 15.3 Å². The minimum atomic E-state index is 0.728. The summed E-state index contributed by atoms with van der Waals surface area (Å²) in [5.74, 6) is 0.950. The Labute approximate surface area is 111 Å². The van der Waals surface area contributed by atoms with Crippen LogP contribution in [0.1, 0.15) is 12.8 Å². The lowest BCUT2D eigenvalue weighted by molar-refractivity contribution is 0.419. The van der Waals surface area contributed by atoms with Crippen LogP contribution in [0.3, 0.4) is 0 Å². The van der Waals surface area contributed by atoms with Gasteiger partial charge < -0.3 is 10.2 Å². The highest BCUT2D eigenvalue weighted by atomic mass is 127. The van der Waals surface area contributed by atoms with Crippen molar-refractivity contribution in [2.75, 3.05) is 24.5 Å². The van der Waals surface area contributed by atoms with Gasteiger partial charge in [0.2, 0.25) is 0 Å². The van der Waals surface area contributed by atoms with Crippen LogP contribution in [0.5, 0.6) is 0 Å². The second-order valence-corrected chi connectivity index (χ2v) is 6.07. The van der Waals surface area contributed by atoms with Crippen LogP contribution in [0, 0.1) is 9.49 Å². The number of piperazine rings is 1. The lowest BCUT2D eigenvalue weighted by Crippen LogP contribution is -2.51. The molecule has 1 aliphatic heterocycles. The van der Waals surface area contributed by atoms with E-state index in [0.717, 1.165) is 25.0 Å². The maximum Gasteiger partial charge on any atom is 0.0377 e. The fraction of sp³-hybridized carbons (Fsp3) is 0.538. The van der Waals surface area contributed by atoms with Gasteiger partial charge in [-0.3, -0.25) is 0 Å². The average molecular weight is 328 g/mol. The molecule has 1 aliphatic carbocycles. The zero-order valence-corrected chi connectivity index (χ0v) is 11.5. The summed E-state index contributed by atoms with van der Waals surface area (Å²) in [5, 5.41) is 3.65. The first-order chi connectivity index (χ1) is 7.83. The summed E-state index contributed by atoms with van der Waals surface area (Å²) in [6, 6.07) is 9.56. The highest BCUT2D eigenvalue weighted by Gasteiger charge is 2.33. The molecule has 16 heavy (non-hydrogen) atoms. The van der Waals surface area contributed by atoms with Crippen LogP contribution in [0.15, 0.2) is 24.3 Å². The van der Waals surface area contributed by atoms with Gasteiger partial charge in [0.25, 0.3) is 0 Å². The van der Waals surface area contributed by atoms with Gasteiger partial charge in [-0.15, -0.1) is 0 Å². The third-order valence-electron chi connectivity index (χ3n) is 3.57. The van der Waals surface area contributed by atoms with Gasteiger partial charge in [-0.05, 0) is 59.5 Å². The van der Waals surface area contributed by atoms with Crippen molar-refractivity contribution in [1.82, 2.24) is 5.32 Å². The molecular formula is C13H17IN2. The molecule has 1 atom stereocenters. The molecule has 1 aromatic rings. The van der Waals surface area contributed by atoms with E-state index in [1.165, 1.54) is 28.6 Å². The molecule has 0 radical (unpaired) electrons. The van der Waals surface area contributed by atoms with Gasteiger partial charge in [-0.25, -0.2) is 0 Å². The first-order valence-corrected chi connectivity index (χ1v) is 7.15. The monoisotopic (exact) mass is 328 g/mol. The Bertz CT molecular complexity index is 376. The molecule has 2 nitrogen and oxygen atoms in total. The minimum Gasteiger partial charge on any atom is -0.369 e. The predicted octanol–water partition coefficient (Wildman–Crippen LogP) is 2.48. The van der Waals surface area contributed by atoms with Crippen LogP contribution in [-0.4, -0.2) is 25.7 Å². The SMILES string of the molecule is Ic1cccc(N2CCNC(C3CC3)C2)c1. The van der Waals surface area contributed by atoms with E-state index in [1.807, 2.05) is 0 Å². The molecule has 0 spiro atoms. The third kappa shape index (κ3) is 2.35. The van der Waals surface area contributed by atoms with Crippen LogP contribution >= 0.6 is 22.6 Å². The Morgan fingerprint density at radius 2 is 2.19 bits per heavy atom. The van der Waals surface area contributed by atoms with E-state index in [1.54, 1.807) is 0 Å². The minimum absolute atomic E-state index is 0.728. The quantitative estimate of drug-likeness (QED) is 0.839. The van der Waals surface area contributed by atoms with Crippen molar-refractivity contribution < 1.29 is 0 Å². The Balaban J connectivity index is 1.73. The van der Waals surface area contributed by atoms with E-state index in [9.17, 15) is 0 Å². The first-order valence-electron chi connectivity index (χ1n) is 6.07. The Morgan fingerprint density at radius 3 is 2.94 bits per heavy atom. The Morgan fingerprint density at radius 1 is 1.31 bits per heavy atom. The van der Waals surface area contributed by atoms with Gasteiger partial charge in [0.1, 0.15) is 0 Å². The first kappa shape index (κ1) is 10.8. The molecular weight excluding hydrogens is 311 g/mol. The number of rotatable bonds is 2. The van der Waals surface area contributed by atoms with Crippen LogP contribution in [0.4, 0.5) is 5.69 Å². The van der Waals surface area contributed by atoms with Gasteiger partial charge in [-0.2, -0.15) is 0 Å². The van der Waals surface area contributed by atoms with Gasteiger partial charge in [0.05, 0.1) is 0 Å². The number of hydrogen-bond donors (Lipinski definition) is 1. The number of halogens is 1. The fourth-order valence-corrected chi connectivity index (χ4v) is 3.03. The maximum absolute atomic E-state index is 3.65. The third-order valence-corrected chi connectivity index (χ3v) is 4.24. The summed E-state index contributed by atoms with van der Waals surface area (Å²) in [4.78, 5) is 2.53. The van der Waals surface area contributed by atoms with Gasteiger partial charge in [-0.1, -0.05) is 6.07 Å². The molecule has 1 unspecified atom stereocenters. The predicted molar refractivity (Wildman–Crippen MR) is 75.9 cm³/mol. The summed E-state index contributed by atoms with van der Waals surface area (Å²) >= 11 is 2.39. The van der Waals surface area contributed by atoms with Gasteiger partial charge in [0, 0.05) is 34.9 Å². The van der Waals surface area contributed by atoms with Crippen LogP contribution in [-0.2, 0) is 0 Å². The van der Waals surface area contributed by atoms with Crippen molar-refractivity contribution in [2.45, 2.75) is 18.9 Å². The maximum atomic E-state index is 3.65. The average Bonchev–Trinajstić information content (AvgIpc) is 3.13. The summed E-state index contributed by atoms with van der Waals surface area (Å²) in [6.45, 7) is 3.46. The van der Waals surface area contributed by atoms with E-state index >= 15 is 0 Å². The Kier molecular flexibility index (Phi) is 3.07. The summed E-state index contributed by atoms with van der Waals surface area (Å²) in [7, 11) is 0. The van der Waals surface area contributed by atoms with Crippen LogP contribution < -0.4 is 10.2 Å². The van der Waals surface area contributed by atoms with Crippen molar-refractivity contribution >= 4 is 28.3 Å². The summed E-state index contributed by atoms with van der Waals surface area (Å²) < 4.78 is 1.33. The molecule has 3 rings (SSSR count). The second kappa shape index (κ2) is 4.53. The molecule has 0 aromatic heterocycles. The molecule has 1 saturated heterocycles. The van der Waals surface area contributed by atoms with Crippen molar-refractivity contribution in [1.29, 1.82) is 0 Å². The number of nitrogens with zero attached hydrogens (tertiary/aromatic N) is 1. The van der Waals surface area contributed by atoms with E-state index < -0.39 is 0 Å². The Hall–Kier alpha value is -0.290. The number of anilines is 1. The second-order valence-electron chi connectivity index (χ2n) is 4.82. The van der Waals surface area contributed by atoms with E-state index in [2.05, 4.69) is 57.1 Å². The van der Waals surface area contributed by atoms with E-state index in [0.29, 0.717) is 0 Å². The summed E-state index contributed by atoms with van der Waals surface area (Å²) in [6.07, 6.45) is 2.86. The molecule has 3 heteroatoms. The molecule has 86 valence electrons. The molecule has 0 bridgehead atoms. The zero-order valence-electron chi connectivity index (χ0n) is 9.32. The van der Waals surface area contributed by atoms with Crippen molar-refractivity contribution in [3.05, 3.63) is 27.8 Å². The number of hydrogen-bond acceptors (Lipinski definition) is 2. The van der Waals surface area contributed by atoms with Crippen molar-refractivity contribution in [3.63, 3.8) is 0 Å². The molecule has 1 aromatic carbocycles. The van der Waals surface area contributed by atoms with Crippen molar-refractivity contribution in [2.24, 2.45) is 5.92 Å². The molecule has 1 heterocycles. The van der Waals surface area contributed by atoms with Gasteiger partial charge >= 0.3 is 0 Å². The van der Waals surface area contributed by atoms with E-state index in [4.69, 9.17) is 0 Å². The standard InChI is InChI=1S/C13H17IN2/c14-11-2-1-3-12(8-11)16-7-6-15-13(9-16)10-4-5-10/h1-3,8,10,13,15H,4-7,9H2. The molecule has 2 aliphatic rings. The lowest BCUT2D eigenvalue weighted by atomic mass is 10.1. The molecule has 1 N–H and O–H groups in total. The van der Waals surface area contributed by atoms with E-state index in [-0.39, 0.29) is 0 Å². The van der Waals surface area contributed by atoms with Crippen molar-refractivity contribution in [3.8, 4) is 0 Å². The highest BCUT2D eigenvalue weighted by molar-refractivity contribution is 14.1. The smallest absolute Gasteiger partial charge is 0.0377 e. The number of benzene rings is 1. The molecule has 0 amide bonds. The largest absolute Gasteiger partial charge is 0.369 e. The molecule has 1 saturated carbocycles. The van der Waals surface area contributed by atoms with Gasteiger partial charge in [0.15, 0.2) is 0 Å². The highest BCUT2D eigenvalue weighted by Crippen LogP contribution is 2.34. The van der Waals surface area contributed by atoms with Crippen LogP contribution in [0.2, 0.25) is 0 Å². The zero-order chi connectivity index (χ0) is 11.0. The molecule has 2 fully saturated rings.